The molecule has 2 amide bonds. The number of rotatable bonds is 6. The number of nitrogens with two attached hydrogens (primary N) is 1. The second kappa shape index (κ2) is 7.33. The first-order valence-corrected chi connectivity index (χ1v) is 6.44. The van der Waals surface area contributed by atoms with Crippen LogP contribution in [0.3, 0.4) is 0 Å². The number of ether oxygens (including phenoxy) is 1. The highest BCUT2D eigenvalue weighted by Crippen LogP contribution is 2.11. The summed E-state index contributed by atoms with van der Waals surface area (Å²) in [5.74, 6) is -0.214. The van der Waals surface area contributed by atoms with Crippen LogP contribution < -0.4 is 11.1 Å². The van der Waals surface area contributed by atoms with Crippen LogP contribution >= 0.6 is 0 Å². The summed E-state index contributed by atoms with van der Waals surface area (Å²) < 4.78 is 4.93. The number of hydrogen-bond donors (Lipinski definition) is 2. The predicted molar refractivity (Wildman–Crippen MR) is 67.9 cm³/mol. The highest BCUT2D eigenvalue weighted by atomic mass is 16.5. The number of nitrogens with one attached hydrogen (secondary N) is 1. The van der Waals surface area contributed by atoms with Crippen molar-refractivity contribution in [2.24, 2.45) is 5.73 Å². The molecule has 0 aromatic carbocycles. The number of carbonyl (C=O) groups excluding carboxylic acids is 2. The second-order valence-electron chi connectivity index (χ2n) is 4.49. The van der Waals surface area contributed by atoms with E-state index in [0.29, 0.717) is 32.5 Å². The molecule has 1 saturated heterocycles. The summed E-state index contributed by atoms with van der Waals surface area (Å²) in [7, 11) is 1.62. The van der Waals surface area contributed by atoms with Crippen LogP contribution in [0.25, 0.3) is 0 Å². The minimum atomic E-state index is -0.542. The molecule has 0 radical (unpaired) electrons. The van der Waals surface area contributed by atoms with Gasteiger partial charge < -0.3 is 20.7 Å². The number of amides is 2. The number of nitrogens with zero attached hydrogens (tertiary/aromatic N) is 1. The van der Waals surface area contributed by atoms with Crippen LogP contribution in [-0.4, -0.2) is 55.6 Å². The smallest absolute Gasteiger partial charge is 0.242 e. The van der Waals surface area contributed by atoms with E-state index < -0.39 is 6.04 Å². The first-order valence-electron chi connectivity index (χ1n) is 6.44. The van der Waals surface area contributed by atoms with E-state index in [4.69, 9.17) is 10.5 Å². The molecule has 1 aliphatic rings. The highest BCUT2D eigenvalue weighted by Gasteiger charge is 2.33. The Morgan fingerprint density at radius 2 is 2.39 bits per heavy atom. The van der Waals surface area contributed by atoms with Gasteiger partial charge in [-0.05, 0) is 19.3 Å². The van der Waals surface area contributed by atoms with Crippen LogP contribution in [0.5, 0.6) is 0 Å². The summed E-state index contributed by atoms with van der Waals surface area (Å²) >= 11 is 0. The second-order valence-corrected chi connectivity index (χ2v) is 4.49. The molecule has 6 heteroatoms. The maximum atomic E-state index is 12.2. The standard InChI is InChI=1S/C12H23N3O3/c1-3-10-11(16)14-6-7-15(10)12(17)9(13)5-4-8-18-2/h9-10H,3-8,13H2,1-2H3,(H,14,16). The van der Waals surface area contributed by atoms with Gasteiger partial charge in [0.2, 0.25) is 11.8 Å². The van der Waals surface area contributed by atoms with Crippen molar-refractivity contribution in [1.82, 2.24) is 10.2 Å². The zero-order chi connectivity index (χ0) is 13.5. The molecular weight excluding hydrogens is 234 g/mol. The van der Waals surface area contributed by atoms with Gasteiger partial charge in [0, 0.05) is 26.8 Å². The van der Waals surface area contributed by atoms with Crippen LogP contribution in [0, 0.1) is 0 Å². The van der Waals surface area contributed by atoms with E-state index in [9.17, 15) is 9.59 Å². The summed E-state index contributed by atoms with van der Waals surface area (Å²) in [6.07, 6.45) is 1.95. The molecule has 3 N–H and O–H groups in total. The maximum Gasteiger partial charge on any atom is 0.242 e. The fourth-order valence-corrected chi connectivity index (χ4v) is 2.17. The van der Waals surface area contributed by atoms with Crippen LogP contribution in [0.15, 0.2) is 0 Å². The molecule has 1 heterocycles. The minimum absolute atomic E-state index is 0.0822. The Labute approximate surface area is 108 Å². The number of hydrogen-bond acceptors (Lipinski definition) is 4. The lowest BCUT2D eigenvalue weighted by Crippen LogP contribution is -2.60. The zero-order valence-electron chi connectivity index (χ0n) is 11.1. The van der Waals surface area contributed by atoms with Gasteiger partial charge in [-0.1, -0.05) is 6.92 Å². The maximum absolute atomic E-state index is 12.2. The zero-order valence-corrected chi connectivity index (χ0v) is 11.1. The lowest BCUT2D eigenvalue weighted by Gasteiger charge is -2.36. The van der Waals surface area contributed by atoms with Crippen molar-refractivity contribution in [3.63, 3.8) is 0 Å². The molecule has 0 aliphatic carbocycles. The van der Waals surface area contributed by atoms with E-state index in [1.165, 1.54) is 0 Å². The number of carbonyl (C=O) groups is 2. The fraction of sp³-hybridized carbons (Fsp3) is 0.833. The first-order chi connectivity index (χ1) is 8.61. The summed E-state index contributed by atoms with van der Waals surface area (Å²) in [6.45, 7) is 3.54. The molecule has 0 aromatic rings. The SMILES string of the molecule is CCC1C(=O)NCCN1C(=O)C(N)CCCOC. The Hall–Kier alpha value is -1.14. The van der Waals surface area contributed by atoms with Crippen molar-refractivity contribution in [3.8, 4) is 0 Å². The average Bonchev–Trinajstić information content (AvgIpc) is 2.37. The quantitative estimate of drug-likeness (QED) is 0.627. The van der Waals surface area contributed by atoms with Gasteiger partial charge in [-0.15, -0.1) is 0 Å². The predicted octanol–water partition coefficient (Wildman–Crippen LogP) is -0.523. The third-order valence-corrected chi connectivity index (χ3v) is 3.18. The molecule has 104 valence electrons. The van der Waals surface area contributed by atoms with Crippen molar-refractivity contribution >= 4 is 11.8 Å². The minimum Gasteiger partial charge on any atom is -0.385 e. The van der Waals surface area contributed by atoms with E-state index in [2.05, 4.69) is 5.32 Å². The summed E-state index contributed by atoms with van der Waals surface area (Å²) in [4.78, 5) is 25.5. The fourth-order valence-electron chi connectivity index (χ4n) is 2.17. The lowest BCUT2D eigenvalue weighted by atomic mass is 10.1. The van der Waals surface area contributed by atoms with E-state index in [1.54, 1.807) is 12.0 Å². The first kappa shape index (κ1) is 14.9. The molecule has 2 atom stereocenters. The van der Waals surface area contributed by atoms with Gasteiger partial charge in [-0.2, -0.15) is 0 Å². The monoisotopic (exact) mass is 257 g/mol. The molecule has 0 saturated carbocycles. The molecule has 1 fully saturated rings. The van der Waals surface area contributed by atoms with E-state index in [1.807, 2.05) is 6.92 Å². The summed E-state index contributed by atoms with van der Waals surface area (Å²) in [5.41, 5.74) is 5.87. The molecular formula is C12H23N3O3. The molecule has 1 rings (SSSR count). The van der Waals surface area contributed by atoms with Gasteiger partial charge in [0.25, 0.3) is 0 Å². The van der Waals surface area contributed by atoms with Gasteiger partial charge in [0.05, 0.1) is 6.04 Å². The largest absolute Gasteiger partial charge is 0.385 e. The average molecular weight is 257 g/mol. The topological polar surface area (TPSA) is 84.7 Å². The van der Waals surface area contributed by atoms with Crippen molar-refractivity contribution in [1.29, 1.82) is 0 Å². The molecule has 0 bridgehead atoms. The van der Waals surface area contributed by atoms with E-state index in [0.717, 1.165) is 6.42 Å². The normalized spacial score (nSPS) is 21.6. The Morgan fingerprint density at radius 1 is 1.67 bits per heavy atom. The van der Waals surface area contributed by atoms with Crippen molar-refractivity contribution in [2.75, 3.05) is 26.8 Å². The van der Waals surface area contributed by atoms with E-state index in [-0.39, 0.29) is 17.9 Å². The lowest BCUT2D eigenvalue weighted by molar-refractivity contribution is -0.144. The highest BCUT2D eigenvalue weighted by molar-refractivity contribution is 5.90. The van der Waals surface area contributed by atoms with Crippen LogP contribution in [0.1, 0.15) is 26.2 Å². The van der Waals surface area contributed by atoms with Crippen LogP contribution in [0.4, 0.5) is 0 Å². The molecule has 0 spiro atoms. The molecule has 2 unspecified atom stereocenters. The summed E-state index contributed by atoms with van der Waals surface area (Å²) in [5, 5.41) is 2.77. The van der Waals surface area contributed by atoms with Crippen molar-refractivity contribution in [2.45, 2.75) is 38.3 Å². The van der Waals surface area contributed by atoms with Gasteiger partial charge in [-0.3, -0.25) is 9.59 Å². The van der Waals surface area contributed by atoms with Gasteiger partial charge in [0.15, 0.2) is 0 Å². The third kappa shape index (κ3) is 3.68. The van der Waals surface area contributed by atoms with Gasteiger partial charge in [-0.25, -0.2) is 0 Å². The Kier molecular flexibility index (Phi) is 6.07. The molecule has 0 aromatic heterocycles. The van der Waals surface area contributed by atoms with Gasteiger partial charge >= 0.3 is 0 Å². The molecule has 1 aliphatic heterocycles. The third-order valence-electron chi connectivity index (χ3n) is 3.18. The Balaban J connectivity index is 2.55. The van der Waals surface area contributed by atoms with Crippen molar-refractivity contribution in [3.05, 3.63) is 0 Å². The van der Waals surface area contributed by atoms with Gasteiger partial charge in [0.1, 0.15) is 6.04 Å². The number of piperazine rings is 1. The molecule has 6 nitrogen and oxygen atoms in total. The van der Waals surface area contributed by atoms with Crippen molar-refractivity contribution < 1.29 is 14.3 Å². The Morgan fingerprint density at radius 3 is 3.00 bits per heavy atom. The van der Waals surface area contributed by atoms with Crippen LogP contribution in [0.2, 0.25) is 0 Å². The summed E-state index contributed by atoms with van der Waals surface area (Å²) in [6, 6.07) is -0.917. The number of methoxy groups -OCH3 is 1. The molecule has 18 heavy (non-hydrogen) atoms. The van der Waals surface area contributed by atoms with E-state index >= 15 is 0 Å². The Bertz CT molecular complexity index is 296. The van der Waals surface area contributed by atoms with Crippen LogP contribution in [-0.2, 0) is 14.3 Å².